The van der Waals surface area contributed by atoms with Gasteiger partial charge in [-0.05, 0) is 24.2 Å². The van der Waals surface area contributed by atoms with E-state index in [0.29, 0.717) is 32.1 Å². The number of fused-ring (bicyclic) bond motifs is 1. The minimum Gasteiger partial charge on any atom is -0.469 e. The summed E-state index contributed by atoms with van der Waals surface area (Å²) in [5.41, 5.74) is 0. The number of ether oxygens (including phenoxy) is 1. The van der Waals surface area contributed by atoms with Gasteiger partial charge < -0.3 is 14.9 Å². The summed E-state index contributed by atoms with van der Waals surface area (Å²) >= 11 is 0. The van der Waals surface area contributed by atoms with Crippen LogP contribution in [0.3, 0.4) is 0 Å². The van der Waals surface area contributed by atoms with Crippen molar-refractivity contribution in [2.24, 2.45) is 23.7 Å². The summed E-state index contributed by atoms with van der Waals surface area (Å²) in [4.78, 5) is 23.1. The van der Waals surface area contributed by atoms with Gasteiger partial charge in [0.25, 0.3) is 0 Å². The van der Waals surface area contributed by atoms with Crippen molar-refractivity contribution in [1.29, 1.82) is 0 Å². The molecule has 5 heteroatoms. The molecule has 2 fully saturated rings. The van der Waals surface area contributed by atoms with Gasteiger partial charge in [-0.3, -0.25) is 9.59 Å². The molecule has 0 saturated heterocycles. The molecule has 0 aromatic rings. The molecule has 0 heterocycles. The number of hydrogen-bond donors (Lipinski definition) is 2. The number of ketones is 1. The van der Waals surface area contributed by atoms with E-state index in [1.807, 2.05) is 6.92 Å². The van der Waals surface area contributed by atoms with Crippen molar-refractivity contribution in [1.82, 2.24) is 0 Å². The van der Waals surface area contributed by atoms with Crippen LogP contribution in [0, 0.1) is 47.4 Å². The van der Waals surface area contributed by atoms with Gasteiger partial charge in [0, 0.05) is 44.4 Å². The Morgan fingerprint density at radius 3 is 2.73 bits per heavy atom. The average Bonchev–Trinajstić information content (AvgIpc) is 3.23. The van der Waals surface area contributed by atoms with Crippen LogP contribution in [0.1, 0.15) is 51.9 Å². The molecule has 6 atom stereocenters. The zero-order valence-corrected chi connectivity index (χ0v) is 15.5. The van der Waals surface area contributed by atoms with Crippen LogP contribution in [0.4, 0.5) is 0 Å². The van der Waals surface area contributed by atoms with Crippen LogP contribution in [0.2, 0.25) is 0 Å². The second-order valence-electron chi connectivity index (χ2n) is 7.05. The molecule has 2 N–H and O–H groups in total. The van der Waals surface area contributed by atoms with E-state index in [0.717, 1.165) is 6.42 Å². The molecule has 26 heavy (non-hydrogen) atoms. The number of methoxy groups -OCH3 is 1. The van der Waals surface area contributed by atoms with E-state index in [1.54, 1.807) is 0 Å². The third-order valence-corrected chi connectivity index (χ3v) is 5.37. The van der Waals surface area contributed by atoms with Gasteiger partial charge in [0.1, 0.15) is 5.78 Å². The molecule has 0 aromatic heterocycles. The molecule has 6 unspecified atom stereocenters. The van der Waals surface area contributed by atoms with Crippen molar-refractivity contribution < 1.29 is 24.5 Å². The van der Waals surface area contributed by atoms with Crippen molar-refractivity contribution in [3.8, 4) is 23.7 Å². The Morgan fingerprint density at radius 1 is 1.27 bits per heavy atom. The molecule has 2 saturated carbocycles. The lowest BCUT2D eigenvalue weighted by Gasteiger charge is -2.19. The minimum atomic E-state index is -0.857. The molecule has 0 bridgehead atoms. The van der Waals surface area contributed by atoms with Gasteiger partial charge in [0.15, 0.2) is 0 Å². The number of esters is 1. The number of carbonyl (C=O) groups is 2. The van der Waals surface area contributed by atoms with Crippen LogP contribution in [-0.4, -0.2) is 41.3 Å². The van der Waals surface area contributed by atoms with Gasteiger partial charge in [-0.2, -0.15) is 0 Å². The maximum absolute atomic E-state index is 12.1. The topological polar surface area (TPSA) is 83.8 Å². The standard InChI is InChI=1S/C21H28O5/c1-3-4-7-11-16(22)21(25)20-15-13-17(23)14(19(15)20)10-8-5-6-9-12-18(24)26-2/h14-16,19-22,25H,3,6,9-13H2,1-2H3. The highest BCUT2D eigenvalue weighted by Gasteiger charge is 2.64. The molecule has 2 aliphatic carbocycles. The summed E-state index contributed by atoms with van der Waals surface area (Å²) in [7, 11) is 1.37. The molecule has 0 amide bonds. The summed E-state index contributed by atoms with van der Waals surface area (Å²) in [6.45, 7) is 1.94. The first-order valence-electron chi connectivity index (χ1n) is 9.38. The van der Waals surface area contributed by atoms with Crippen LogP contribution in [-0.2, 0) is 14.3 Å². The fraction of sp³-hybridized carbons (Fsp3) is 0.714. The first-order valence-corrected chi connectivity index (χ1v) is 9.38. The van der Waals surface area contributed by atoms with Crippen LogP contribution >= 0.6 is 0 Å². The Labute approximate surface area is 155 Å². The molecule has 2 aliphatic rings. The molecule has 142 valence electrons. The van der Waals surface area contributed by atoms with Crippen molar-refractivity contribution in [2.75, 3.05) is 7.11 Å². The van der Waals surface area contributed by atoms with E-state index in [4.69, 9.17) is 0 Å². The van der Waals surface area contributed by atoms with E-state index < -0.39 is 12.2 Å². The number of Topliss-reactive ketones (excluding diaryl/α,β-unsaturated/α-hetero) is 1. The maximum atomic E-state index is 12.1. The van der Waals surface area contributed by atoms with Crippen LogP contribution in [0.25, 0.3) is 0 Å². The third-order valence-electron chi connectivity index (χ3n) is 5.37. The predicted octanol–water partition coefficient (Wildman–Crippen LogP) is 1.70. The molecular weight excluding hydrogens is 332 g/mol. The quantitative estimate of drug-likeness (QED) is 0.410. The van der Waals surface area contributed by atoms with Gasteiger partial charge in [0.2, 0.25) is 0 Å². The zero-order chi connectivity index (χ0) is 19.1. The molecule has 2 rings (SSSR count). The van der Waals surface area contributed by atoms with Gasteiger partial charge in [-0.15, -0.1) is 23.7 Å². The SMILES string of the molecule is CCC#CCC(O)C(O)C1C2CC(=O)C(CC#CCCCC(=O)OC)C21. The van der Waals surface area contributed by atoms with Crippen molar-refractivity contribution in [3.63, 3.8) is 0 Å². The van der Waals surface area contributed by atoms with Gasteiger partial charge in [-0.25, -0.2) is 0 Å². The van der Waals surface area contributed by atoms with E-state index in [-0.39, 0.29) is 41.8 Å². The van der Waals surface area contributed by atoms with E-state index in [2.05, 4.69) is 28.4 Å². The molecule has 0 spiro atoms. The summed E-state index contributed by atoms with van der Waals surface area (Å²) in [5, 5.41) is 20.5. The predicted molar refractivity (Wildman–Crippen MR) is 96.5 cm³/mol. The maximum Gasteiger partial charge on any atom is 0.305 e. The number of aliphatic hydroxyl groups excluding tert-OH is 2. The van der Waals surface area contributed by atoms with Crippen LogP contribution < -0.4 is 0 Å². The number of rotatable bonds is 7. The second kappa shape index (κ2) is 9.76. The normalized spacial score (nSPS) is 28.1. The van der Waals surface area contributed by atoms with Crippen molar-refractivity contribution >= 4 is 11.8 Å². The fourth-order valence-corrected chi connectivity index (χ4v) is 3.97. The first-order chi connectivity index (χ1) is 12.5. The largest absolute Gasteiger partial charge is 0.469 e. The van der Waals surface area contributed by atoms with Gasteiger partial charge in [0.05, 0.1) is 19.3 Å². The second-order valence-corrected chi connectivity index (χ2v) is 7.05. The molecular formula is C21H28O5. The van der Waals surface area contributed by atoms with E-state index in [1.165, 1.54) is 7.11 Å². The summed E-state index contributed by atoms with van der Waals surface area (Å²) < 4.78 is 4.57. The van der Waals surface area contributed by atoms with Gasteiger partial charge in [-0.1, -0.05) is 6.92 Å². The van der Waals surface area contributed by atoms with Crippen molar-refractivity contribution in [3.05, 3.63) is 0 Å². The van der Waals surface area contributed by atoms with Gasteiger partial charge >= 0.3 is 5.97 Å². The number of hydrogen-bond acceptors (Lipinski definition) is 5. The molecule has 0 radical (unpaired) electrons. The highest BCUT2D eigenvalue weighted by Crippen LogP contribution is 2.61. The Balaban J connectivity index is 1.79. The molecule has 0 aromatic carbocycles. The highest BCUT2D eigenvalue weighted by molar-refractivity contribution is 5.86. The molecule has 5 nitrogen and oxygen atoms in total. The molecule has 0 aliphatic heterocycles. The van der Waals surface area contributed by atoms with E-state index >= 15 is 0 Å². The lowest BCUT2D eigenvalue weighted by molar-refractivity contribution is -0.140. The fourth-order valence-electron chi connectivity index (χ4n) is 3.97. The lowest BCUT2D eigenvalue weighted by atomic mass is 9.91. The Hall–Kier alpha value is -1.82. The number of unbranched alkanes of at least 4 members (excludes halogenated alkanes) is 1. The summed E-state index contributed by atoms with van der Waals surface area (Å²) in [6.07, 6.45) is 1.90. The number of carbonyl (C=O) groups excluding carboxylic acids is 2. The Bertz CT molecular complexity index is 632. The smallest absolute Gasteiger partial charge is 0.305 e. The monoisotopic (exact) mass is 360 g/mol. The Morgan fingerprint density at radius 2 is 2.04 bits per heavy atom. The lowest BCUT2D eigenvalue weighted by Crippen LogP contribution is -2.31. The average molecular weight is 360 g/mol. The first kappa shape index (κ1) is 20.5. The van der Waals surface area contributed by atoms with E-state index in [9.17, 15) is 19.8 Å². The number of aliphatic hydroxyl groups is 2. The minimum absolute atomic E-state index is 0.0164. The highest BCUT2D eigenvalue weighted by atomic mass is 16.5. The summed E-state index contributed by atoms with van der Waals surface area (Å²) in [5.74, 6) is 12.0. The van der Waals surface area contributed by atoms with Crippen LogP contribution in [0.5, 0.6) is 0 Å². The Kier molecular flexibility index (Phi) is 7.69. The summed E-state index contributed by atoms with van der Waals surface area (Å²) in [6, 6.07) is 0. The van der Waals surface area contributed by atoms with Crippen molar-refractivity contribution in [2.45, 2.75) is 64.1 Å². The zero-order valence-electron chi connectivity index (χ0n) is 15.5. The third kappa shape index (κ3) is 5.10. The van der Waals surface area contributed by atoms with Crippen LogP contribution in [0.15, 0.2) is 0 Å².